The van der Waals surface area contributed by atoms with Crippen LogP contribution in [0.4, 0.5) is 0 Å². The van der Waals surface area contributed by atoms with Crippen LogP contribution in [0.3, 0.4) is 0 Å². The predicted octanol–water partition coefficient (Wildman–Crippen LogP) is 0.426. The molecule has 2 heterocycles. The zero-order chi connectivity index (χ0) is 12.4. The van der Waals surface area contributed by atoms with Gasteiger partial charge in [-0.1, -0.05) is 0 Å². The van der Waals surface area contributed by atoms with E-state index >= 15 is 0 Å². The number of ether oxygens (including phenoxy) is 1. The summed E-state index contributed by atoms with van der Waals surface area (Å²) < 4.78 is 6.03. The average Bonchev–Trinajstić information content (AvgIpc) is 2.74. The fraction of sp³-hybridized carbons (Fsp3) is 0.182. The molecule has 0 saturated heterocycles. The topological polar surface area (TPSA) is 80.9 Å². The van der Waals surface area contributed by atoms with E-state index in [2.05, 4.69) is 9.72 Å². The maximum atomic E-state index is 11.3. The van der Waals surface area contributed by atoms with Gasteiger partial charge in [-0.3, -0.25) is 9.20 Å². The van der Waals surface area contributed by atoms with Gasteiger partial charge in [-0.25, -0.2) is 9.78 Å². The van der Waals surface area contributed by atoms with E-state index in [1.807, 2.05) is 0 Å². The van der Waals surface area contributed by atoms with Gasteiger partial charge in [-0.15, -0.1) is 0 Å². The van der Waals surface area contributed by atoms with Crippen LogP contribution in [0.15, 0.2) is 18.3 Å². The van der Waals surface area contributed by atoms with Crippen LogP contribution in [0.5, 0.6) is 0 Å². The van der Waals surface area contributed by atoms with E-state index < -0.39 is 5.97 Å². The van der Waals surface area contributed by atoms with Crippen LogP contribution in [0.25, 0.3) is 5.65 Å². The lowest BCUT2D eigenvalue weighted by atomic mass is 10.3. The van der Waals surface area contributed by atoms with Crippen LogP contribution in [0.1, 0.15) is 26.5 Å². The molecule has 0 amide bonds. The molecule has 0 bridgehead atoms. The number of aromatic nitrogens is 2. The van der Waals surface area contributed by atoms with Gasteiger partial charge in [0, 0.05) is 6.20 Å². The number of imidazole rings is 1. The Morgan fingerprint density at radius 3 is 2.94 bits per heavy atom. The van der Waals surface area contributed by atoms with E-state index in [0.717, 1.165) is 0 Å². The number of hydrogen-bond acceptors (Lipinski definition) is 5. The van der Waals surface area contributed by atoms with Gasteiger partial charge in [0.25, 0.3) is 0 Å². The predicted molar refractivity (Wildman–Crippen MR) is 57.8 cm³/mol. The molecule has 0 spiro atoms. The van der Waals surface area contributed by atoms with Crippen molar-refractivity contribution in [3.63, 3.8) is 0 Å². The number of esters is 1. The van der Waals surface area contributed by atoms with Gasteiger partial charge in [0.05, 0.1) is 25.0 Å². The molecule has 6 heteroatoms. The molecule has 17 heavy (non-hydrogen) atoms. The molecular formula is C11H10N2O4. The molecule has 6 nitrogen and oxygen atoms in total. The third-order valence-electron chi connectivity index (χ3n) is 2.41. The number of methoxy groups -OCH3 is 1. The largest absolute Gasteiger partial charge is 0.465 e. The summed E-state index contributed by atoms with van der Waals surface area (Å²) in [5.74, 6) is -0.497. The highest BCUT2D eigenvalue weighted by Gasteiger charge is 2.13. The first kappa shape index (κ1) is 11.3. The van der Waals surface area contributed by atoms with Crippen LogP contribution in [0, 0.1) is 0 Å². The first-order chi connectivity index (χ1) is 8.21. The van der Waals surface area contributed by atoms with Gasteiger partial charge in [0.2, 0.25) is 0 Å². The van der Waals surface area contributed by atoms with Crippen LogP contribution < -0.4 is 0 Å². The molecular weight excluding hydrogens is 224 g/mol. The molecule has 2 aromatic rings. The Kier molecular flexibility index (Phi) is 2.88. The first-order valence-electron chi connectivity index (χ1n) is 4.86. The van der Waals surface area contributed by atoms with Gasteiger partial charge < -0.3 is 9.84 Å². The molecule has 0 aromatic carbocycles. The van der Waals surface area contributed by atoms with Gasteiger partial charge in [-0.2, -0.15) is 0 Å². The van der Waals surface area contributed by atoms with Crippen molar-refractivity contribution in [3.05, 3.63) is 35.3 Å². The van der Waals surface area contributed by atoms with Crippen LogP contribution in [0.2, 0.25) is 0 Å². The molecule has 0 unspecified atom stereocenters. The summed E-state index contributed by atoms with van der Waals surface area (Å²) in [6.07, 6.45) is 2.05. The Morgan fingerprint density at radius 2 is 2.35 bits per heavy atom. The molecule has 2 rings (SSSR count). The minimum Gasteiger partial charge on any atom is -0.465 e. The molecule has 2 aromatic heterocycles. The number of aldehydes is 1. The second kappa shape index (κ2) is 4.34. The minimum absolute atomic E-state index is 0.230. The molecule has 0 aliphatic rings. The van der Waals surface area contributed by atoms with Crippen molar-refractivity contribution in [1.29, 1.82) is 0 Å². The quantitative estimate of drug-likeness (QED) is 0.615. The third kappa shape index (κ3) is 1.78. The molecule has 0 fully saturated rings. The number of nitrogens with zero attached hydrogens (tertiary/aromatic N) is 2. The van der Waals surface area contributed by atoms with E-state index in [0.29, 0.717) is 17.5 Å². The zero-order valence-corrected chi connectivity index (χ0v) is 9.08. The monoisotopic (exact) mass is 234 g/mol. The van der Waals surface area contributed by atoms with Crippen LogP contribution in [-0.2, 0) is 11.3 Å². The number of fused-ring (bicyclic) bond motifs is 1. The summed E-state index contributed by atoms with van der Waals surface area (Å²) in [5.41, 5.74) is 1.31. The van der Waals surface area contributed by atoms with Gasteiger partial charge in [-0.05, 0) is 12.1 Å². The molecule has 0 atom stereocenters. The smallest absolute Gasteiger partial charge is 0.339 e. The van der Waals surface area contributed by atoms with E-state index in [9.17, 15) is 9.59 Å². The second-order valence-electron chi connectivity index (χ2n) is 3.36. The average molecular weight is 234 g/mol. The Hall–Kier alpha value is -2.21. The summed E-state index contributed by atoms with van der Waals surface area (Å²) in [6.45, 7) is -0.330. The summed E-state index contributed by atoms with van der Waals surface area (Å²) in [4.78, 5) is 26.3. The Balaban J connectivity index is 2.66. The van der Waals surface area contributed by atoms with Gasteiger partial charge in [0.1, 0.15) is 11.3 Å². The number of aliphatic hydroxyl groups is 1. The lowest BCUT2D eigenvalue weighted by Gasteiger charge is -2.00. The van der Waals surface area contributed by atoms with Crippen molar-refractivity contribution in [2.45, 2.75) is 6.61 Å². The van der Waals surface area contributed by atoms with Crippen molar-refractivity contribution in [2.24, 2.45) is 0 Å². The highest BCUT2D eigenvalue weighted by molar-refractivity contribution is 5.89. The first-order valence-corrected chi connectivity index (χ1v) is 4.86. The van der Waals surface area contributed by atoms with Crippen molar-refractivity contribution >= 4 is 17.9 Å². The van der Waals surface area contributed by atoms with Gasteiger partial charge >= 0.3 is 5.97 Å². The van der Waals surface area contributed by atoms with Crippen molar-refractivity contribution in [3.8, 4) is 0 Å². The normalized spacial score (nSPS) is 10.5. The van der Waals surface area contributed by atoms with Gasteiger partial charge in [0.15, 0.2) is 6.29 Å². The number of rotatable bonds is 3. The fourth-order valence-corrected chi connectivity index (χ4v) is 1.59. The SMILES string of the molecule is COC(=O)c1ccc2nc(CO)c(C=O)n2c1. The second-order valence-corrected chi connectivity index (χ2v) is 3.36. The zero-order valence-electron chi connectivity index (χ0n) is 9.08. The van der Waals surface area contributed by atoms with E-state index in [4.69, 9.17) is 5.11 Å². The summed E-state index contributed by atoms with van der Waals surface area (Å²) in [7, 11) is 1.28. The summed E-state index contributed by atoms with van der Waals surface area (Å²) in [6, 6.07) is 3.13. The number of aliphatic hydroxyl groups excluding tert-OH is 1. The van der Waals surface area contributed by atoms with E-state index in [1.54, 1.807) is 12.1 Å². The number of pyridine rings is 1. The highest BCUT2D eigenvalue weighted by Crippen LogP contribution is 2.13. The summed E-state index contributed by atoms with van der Waals surface area (Å²) in [5, 5.41) is 9.05. The molecule has 88 valence electrons. The Morgan fingerprint density at radius 1 is 1.59 bits per heavy atom. The van der Waals surface area contributed by atoms with Crippen LogP contribution in [-0.4, -0.2) is 33.9 Å². The maximum absolute atomic E-state index is 11.3. The lowest BCUT2D eigenvalue weighted by molar-refractivity contribution is 0.0600. The summed E-state index contributed by atoms with van der Waals surface area (Å²) >= 11 is 0. The minimum atomic E-state index is -0.497. The van der Waals surface area contributed by atoms with E-state index in [1.165, 1.54) is 17.7 Å². The standard InChI is InChI=1S/C11H10N2O4/c1-17-11(16)7-2-3-10-12-8(5-14)9(6-15)13(10)4-7/h2-4,6,14H,5H2,1H3. The highest BCUT2D eigenvalue weighted by atomic mass is 16.5. The lowest BCUT2D eigenvalue weighted by Crippen LogP contribution is -2.04. The van der Waals surface area contributed by atoms with Crippen molar-refractivity contribution in [1.82, 2.24) is 9.38 Å². The Bertz CT molecular complexity index is 588. The number of carbonyl (C=O) groups excluding carboxylic acids is 2. The molecule has 0 aliphatic heterocycles. The van der Waals surface area contributed by atoms with Crippen LogP contribution >= 0.6 is 0 Å². The molecule has 1 N–H and O–H groups in total. The third-order valence-corrected chi connectivity index (χ3v) is 2.41. The van der Waals surface area contributed by atoms with Crippen molar-refractivity contribution < 1.29 is 19.4 Å². The molecule has 0 aliphatic carbocycles. The molecule has 0 radical (unpaired) electrons. The maximum Gasteiger partial charge on any atom is 0.339 e. The van der Waals surface area contributed by atoms with Crippen molar-refractivity contribution in [2.75, 3.05) is 7.11 Å². The Labute approximate surface area is 96.5 Å². The number of carbonyl (C=O) groups is 2. The molecule has 0 saturated carbocycles. The van der Waals surface area contributed by atoms with E-state index in [-0.39, 0.29) is 18.0 Å². The fourth-order valence-electron chi connectivity index (χ4n) is 1.59. The number of hydrogen-bond donors (Lipinski definition) is 1.